The molecule has 1 saturated heterocycles. The first kappa shape index (κ1) is 19.6. The minimum atomic E-state index is -2.74. The van der Waals surface area contributed by atoms with Gasteiger partial charge >= 0.3 is 0 Å². The van der Waals surface area contributed by atoms with Gasteiger partial charge in [0, 0.05) is 6.20 Å². The molecule has 0 spiro atoms. The summed E-state index contributed by atoms with van der Waals surface area (Å²) >= 11 is 0. The zero-order chi connectivity index (χ0) is 21.4. The molecule has 2 atom stereocenters. The monoisotopic (exact) mass is 420 g/mol. The highest BCUT2D eigenvalue weighted by Crippen LogP contribution is 2.36. The van der Waals surface area contributed by atoms with Gasteiger partial charge in [-0.3, -0.25) is 9.69 Å². The molecule has 2 aliphatic rings. The van der Waals surface area contributed by atoms with Crippen LogP contribution in [0.5, 0.6) is 5.88 Å². The van der Waals surface area contributed by atoms with E-state index >= 15 is 0 Å². The number of nitrogens with one attached hydrogen (secondary N) is 1. The summed E-state index contributed by atoms with van der Waals surface area (Å²) in [6.07, 6.45) is -1.19. The van der Waals surface area contributed by atoms with Gasteiger partial charge in [0.05, 0.1) is 12.1 Å². The van der Waals surface area contributed by atoms with Gasteiger partial charge in [-0.15, -0.1) is 0 Å². The maximum atomic E-state index is 13.4. The van der Waals surface area contributed by atoms with Gasteiger partial charge in [0.15, 0.2) is 11.8 Å². The van der Waals surface area contributed by atoms with E-state index in [4.69, 9.17) is 15.2 Å². The van der Waals surface area contributed by atoms with Crippen molar-refractivity contribution in [1.82, 2.24) is 14.5 Å². The number of amides is 1. The summed E-state index contributed by atoms with van der Waals surface area (Å²) in [5.41, 5.74) is 5.79. The lowest BCUT2D eigenvalue weighted by Crippen LogP contribution is -2.36. The number of halogens is 2. The van der Waals surface area contributed by atoms with Crippen LogP contribution in [0.2, 0.25) is 0 Å². The van der Waals surface area contributed by atoms with Gasteiger partial charge in [-0.2, -0.15) is 4.98 Å². The Morgan fingerprint density at radius 1 is 1.37 bits per heavy atom. The fraction of sp³-hybridized carbons (Fsp3) is 0.389. The second kappa shape index (κ2) is 7.64. The first-order valence-electron chi connectivity index (χ1n) is 9.11. The number of aromatic nitrogens is 3. The normalized spacial score (nSPS) is 18.6. The van der Waals surface area contributed by atoms with Crippen LogP contribution in [0.3, 0.4) is 0 Å². The first-order chi connectivity index (χ1) is 14.4. The average molecular weight is 420 g/mol. The van der Waals surface area contributed by atoms with E-state index in [0.717, 1.165) is 4.90 Å². The SMILES string of the molecule is C[C@H](Nc1ccc2c(n1)OCCn1cc(N3C(=C=O)OC[C@H]3C(F)F)nc1-2)C(N)=O. The third-order valence-electron chi connectivity index (χ3n) is 4.79. The van der Waals surface area contributed by atoms with E-state index in [-0.39, 0.29) is 30.8 Å². The third-order valence-corrected chi connectivity index (χ3v) is 4.79. The number of carbonyl (C=O) groups excluding carboxylic acids is 2. The standard InChI is InChI=1S/C18H18F2N6O4/c1-9(16(21)28)22-12-3-2-10-17-24-13(6-25(17)4-5-29-18(10)23-12)26-11(15(19)20)8-30-14(26)7-27/h2-3,6,9,11,15H,4-5,8H2,1H3,(H2,21,28)(H,22,23)/t9-,11-/m0/s1. The van der Waals surface area contributed by atoms with Gasteiger partial charge in [0.25, 0.3) is 12.3 Å². The number of primary amides is 1. The van der Waals surface area contributed by atoms with Gasteiger partial charge in [0.2, 0.25) is 11.8 Å². The zero-order valence-corrected chi connectivity index (χ0v) is 15.8. The molecule has 0 radical (unpaired) electrons. The number of hydrogen-bond acceptors (Lipinski definition) is 8. The Bertz CT molecular complexity index is 1040. The van der Waals surface area contributed by atoms with Gasteiger partial charge in [-0.1, -0.05) is 0 Å². The zero-order valence-electron chi connectivity index (χ0n) is 15.8. The molecule has 12 heteroatoms. The van der Waals surface area contributed by atoms with Crippen molar-refractivity contribution in [3.63, 3.8) is 0 Å². The van der Waals surface area contributed by atoms with Crippen LogP contribution < -0.4 is 20.7 Å². The highest BCUT2D eigenvalue weighted by molar-refractivity contribution is 5.82. The van der Waals surface area contributed by atoms with Crippen LogP contribution in [0.15, 0.2) is 24.2 Å². The van der Waals surface area contributed by atoms with Crippen LogP contribution in [0.1, 0.15) is 6.92 Å². The molecule has 2 aromatic rings. The number of ether oxygens (including phenoxy) is 2. The highest BCUT2D eigenvalue weighted by atomic mass is 19.3. The van der Waals surface area contributed by atoms with Gasteiger partial charge < -0.3 is 25.1 Å². The number of pyridine rings is 1. The predicted octanol–water partition coefficient (Wildman–Crippen LogP) is 0.766. The van der Waals surface area contributed by atoms with Crippen molar-refractivity contribution < 1.29 is 27.8 Å². The molecule has 1 amide bonds. The summed E-state index contributed by atoms with van der Waals surface area (Å²) in [7, 11) is 0. The lowest BCUT2D eigenvalue weighted by atomic mass is 10.2. The summed E-state index contributed by atoms with van der Waals surface area (Å²) in [5, 5.41) is 2.87. The Labute approximate surface area is 169 Å². The second-order valence-electron chi connectivity index (χ2n) is 6.77. The summed E-state index contributed by atoms with van der Waals surface area (Å²) in [5.74, 6) is 1.91. The number of rotatable bonds is 5. The number of nitrogens with zero attached hydrogens (tertiary/aromatic N) is 4. The Morgan fingerprint density at radius 2 is 2.17 bits per heavy atom. The lowest BCUT2D eigenvalue weighted by Gasteiger charge is -2.19. The molecular formula is C18H18F2N6O4. The summed E-state index contributed by atoms with van der Waals surface area (Å²) in [6, 6.07) is 1.35. The molecule has 0 bridgehead atoms. The van der Waals surface area contributed by atoms with Crippen LogP contribution in [-0.2, 0) is 20.9 Å². The second-order valence-corrected chi connectivity index (χ2v) is 6.77. The number of alkyl halides is 2. The van der Waals surface area contributed by atoms with Crippen molar-refractivity contribution in [2.24, 2.45) is 5.73 Å². The van der Waals surface area contributed by atoms with Crippen LogP contribution in [0, 0.1) is 0 Å². The summed E-state index contributed by atoms with van der Waals surface area (Å²) in [4.78, 5) is 32.3. The number of hydrogen-bond donors (Lipinski definition) is 2. The van der Waals surface area contributed by atoms with E-state index < -0.39 is 24.4 Å². The number of carbonyl (C=O) groups is 1. The quantitative estimate of drug-likeness (QED) is 0.680. The maximum absolute atomic E-state index is 13.4. The molecule has 2 aromatic heterocycles. The van der Waals surface area contributed by atoms with Crippen molar-refractivity contribution in [3.8, 4) is 17.3 Å². The molecule has 158 valence electrons. The van der Waals surface area contributed by atoms with E-state index in [1.165, 1.54) is 0 Å². The van der Waals surface area contributed by atoms with Crippen molar-refractivity contribution in [3.05, 3.63) is 24.2 Å². The Kier molecular flexibility index (Phi) is 5.00. The van der Waals surface area contributed by atoms with E-state index in [9.17, 15) is 18.4 Å². The van der Waals surface area contributed by atoms with Crippen LogP contribution in [0.4, 0.5) is 20.4 Å². The van der Waals surface area contributed by atoms with E-state index in [1.807, 2.05) is 0 Å². The Hall–Kier alpha value is -3.66. The third kappa shape index (κ3) is 3.41. The van der Waals surface area contributed by atoms with Crippen LogP contribution in [0.25, 0.3) is 11.4 Å². The average Bonchev–Trinajstić information content (AvgIpc) is 3.28. The largest absolute Gasteiger partial charge is 0.475 e. The topological polar surface area (TPSA) is 125 Å². The molecule has 0 unspecified atom stereocenters. The molecule has 10 nitrogen and oxygen atoms in total. The molecule has 1 fully saturated rings. The number of nitrogens with two attached hydrogens (primary N) is 1. The van der Waals surface area contributed by atoms with Gasteiger partial charge in [-0.05, 0) is 19.1 Å². The minimum absolute atomic E-state index is 0.142. The van der Waals surface area contributed by atoms with Crippen molar-refractivity contribution in [1.29, 1.82) is 0 Å². The van der Waals surface area contributed by atoms with Crippen molar-refractivity contribution in [2.45, 2.75) is 32.0 Å². The van der Waals surface area contributed by atoms with Crippen molar-refractivity contribution >= 4 is 23.5 Å². The molecule has 3 N–H and O–H groups in total. The van der Waals surface area contributed by atoms with Crippen molar-refractivity contribution in [2.75, 3.05) is 23.4 Å². The lowest BCUT2D eigenvalue weighted by molar-refractivity contribution is -0.118. The summed E-state index contributed by atoms with van der Waals surface area (Å²) in [6.45, 7) is 1.90. The first-order valence-corrected chi connectivity index (χ1v) is 9.11. The smallest absolute Gasteiger partial charge is 0.284 e. The number of anilines is 2. The maximum Gasteiger partial charge on any atom is 0.284 e. The minimum Gasteiger partial charge on any atom is -0.475 e. The molecule has 4 heterocycles. The number of fused-ring (bicyclic) bond motifs is 3. The highest BCUT2D eigenvalue weighted by Gasteiger charge is 2.40. The number of imidazole rings is 1. The molecule has 0 aliphatic carbocycles. The fourth-order valence-electron chi connectivity index (χ4n) is 3.24. The van der Waals surface area contributed by atoms with E-state index in [0.29, 0.717) is 23.8 Å². The van der Waals surface area contributed by atoms with E-state index in [2.05, 4.69) is 15.3 Å². The van der Waals surface area contributed by atoms with Crippen LogP contribution in [-0.4, -0.2) is 58.1 Å². The van der Waals surface area contributed by atoms with Gasteiger partial charge in [-0.25, -0.2) is 18.6 Å². The molecule has 0 aromatic carbocycles. The molecular weight excluding hydrogens is 402 g/mol. The molecule has 4 rings (SSSR count). The van der Waals surface area contributed by atoms with Crippen LogP contribution >= 0.6 is 0 Å². The molecule has 30 heavy (non-hydrogen) atoms. The Balaban J connectivity index is 1.71. The molecule has 2 aliphatic heterocycles. The molecule has 0 saturated carbocycles. The Morgan fingerprint density at radius 3 is 2.87 bits per heavy atom. The fourth-order valence-corrected chi connectivity index (χ4v) is 3.24. The van der Waals surface area contributed by atoms with E-state index in [1.54, 1.807) is 35.8 Å². The van der Waals surface area contributed by atoms with Gasteiger partial charge in [0.1, 0.15) is 36.9 Å². The summed E-state index contributed by atoms with van der Waals surface area (Å²) < 4.78 is 39.3. The predicted molar refractivity (Wildman–Crippen MR) is 101 cm³/mol.